The molecule has 0 aliphatic carbocycles. The van der Waals surface area contributed by atoms with E-state index in [1.165, 1.54) is 19.3 Å². The summed E-state index contributed by atoms with van der Waals surface area (Å²) >= 11 is 0. The van der Waals surface area contributed by atoms with E-state index in [0.29, 0.717) is 6.79 Å². The molecule has 0 saturated heterocycles. The smallest absolute Gasteiger partial charge is 0.146 e. The van der Waals surface area contributed by atoms with Gasteiger partial charge in [0.2, 0.25) is 0 Å². The van der Waals surface area contributed by atoms with Crippen LogP contribution in [0.15, 0.2) is 12.2 Å². The van der Waals surface area contributed by atoms with E-state index in [2.05, 4.69) is 24.8 Å². The Hall–Kier alpha value is -0.780. The summed E-state index contributed by atoms with van der Waals surface area (Å²) in [4.78, 5) is 0. The van der Waals surface area contributed by atoms with Crippen LogP contribution in [0, 0.1) is 11.8 Å². The molecule has 0 bridgehead atoms. The van der Waals surface area contributed by atoms with Crippen molar-refractivity contribution >= 4 is 0 Å². The van der Waals surface area contributed by atoms with Crippen LogP contribution in [-0.2, 0) is 9.47 Å². The van der Waals surface area contributed by atoms with E-state index in [-0.39, 0.29) is 0 Å². The lowest BCUT2D eigenvalue weighted by atomic mass is 10.1. The third-order valence-corrected chi connectivity index (χ3v) is 2.09. The molecule has 0 aromatic rings. The first kappa shape index (κ1) is 15.2. The van der Waals surface area contributed by atoms with Gasteiger partial charge in [-0.3, -0.25) is 0 Å². The lowest BCUT2D eigenvalue weighted by Gasteiger charge is -2.01. The van der Waals surface area contributed by atoms with Crippen molar-refractivity contribution in [1.29, 1.82) is 0 Å². The average Bonchev–Trinajstić information content (AvgIpc) is 2.31. The predicted molar refractivity (Wildman–Crippen MR) is 68.1 cm³/mol. The highest BCUT2D eigenvalue weighted by Crippen LogP contribution is 2.03. The first-order chi connectivity index (χ1) is 7.91. The maximum atomic E-state index is 5.20. The van der Waals surface area contributed by atoms with Gasteiger partial charge in [0.15, 0.2) is 0 Å². The van der Waals surface area contributed by atoms with Crippen LogP contribution in [0.3, 0.4) is 0 Å². The molecule has 0 spiro atoms. The summed E-state index contributed by atoms with van der Waals surface area (Å²) in [5.74, 6) is 6.01. The van der Waals surface area contributed by atoms with Crippen molar-refractivity contribution < 1.29 is 9.47 Å². The molecule has 92 valence electrons. The molecule has 0 fully saturated rings. The quantitative estimate of drug-likeness (QED) is 0.339. The number of rotatable bonds is 9. The summed E-state index contributed by atoms with van der Waals surface area (Å²) < 4.78 is 9.99. The minimum atomic E-state index is 0.416. The normalized spacial score (nSPS) is 10.4. The number of unbranched alkanes of at least 4 members (excludes halogenated alkanes) is 4. The molecule has 0 heterocycles. The molecular weight excluding hydrogens is 200 g/mol. The Morgan fingerprint density at radius 2 is 1.94 bits per heavy atom. The second kappa shape index (κ2) is 14.2. The van der Waals surface area contributed by atoms with Gasteiger partial charge >= 0.3 is 0 Å². The highest BCUT2D eigenvalue weighted by Gasteiger charge is 1.89. The summed E-state index contributed by atoms with van der Waals surface area (Å²) in [6.07, 6.45) is 11.1. The van der Waals surface area contributed by atoms with Crippen LogP contribution in [0.5, 0.6) is 0 Å². The fourth-order valence-corrected chi connectivity index (χ4v) is 1.27. The fraction of sp³-hybridized carbons (Fsp3) is 0.714. The second-order valence-corrected chi connectivity index (χ2v) is 3.59. The van der Waals surface area contributed by atoms with Crippen molar-refractivity contribution in [2.75, 3.05) is 20.5 Å². The number of ether oxygens (including phenoxy) is 2. The third kappa shape index (κ3) is 13.2. The number of allylic oxidation sites excluding steroid dienone is 2. The van der Waals surface area contributed by atoms with E-state index in [1.807, 2.05) is 6.08 Å². The van der Waals surface area contributed by atoms with Crippen LogP contribution >= 0.6 is 0 Å². The van der Waals surface area contributed by atoms with Gasteiger partial charge in [-0.2, -0.15) is 0 Å². The molecule has 0 aromatic carbocycles. The Kier molecular flexibility index (Phi) is 13.5. The summed E-state index contributed by atoms with van der Waals surface area (Å²) in [5, 5.41) is 0. The minimum Gasteiger partial charge on any atom is -0.359 e. The highest BCUT2D eigenvalue weighted by atomic mass is 16.7. The maximum Gasteiger partial charge on any atom is 0.146 e. The number of hydrogen-bond acceptors (Lipinski definition) is 2. The van der Waals surface area contributed by atoms with Crippen molar-refractivity contribution in [1.82, 2.24) is 0 Å². The van der Waals surface area contributed by atoms with E-state index in [9.17, 15) is 0 Å². The molecule has 0 amide bonds. The van der Waals surface area contributed by atoms with Gasteiger partial charge in [-0.25, -0.2) is 0 Å². The molecule has 0 radical (unpaired) electrons. The van der Waals surface area contributed by atoms with Gasteiger partial charge in [0, 0.05) is 20.1 Å². The lowest BCUT2D eigenvalue weighted by Crippen LogP contribution is -1.98. The number of methoxy groups -OCH3 is 1. The molecule has 0 rings (SSSR count). The molecular formula is C14H24O2. The van der Waals surface area contributed by atoms with Crippen molar-refractivity contribution in [3.05, 3.63) is 12.2 Å². The van der Waals surface area contributed by atoms with E-state index < -0.39 is 0 Å². The molecule has 0 saturated carbocycles. The standard InChI is InChI=1S/C14H24O2/c1-3-4-5-6-7-8-9-10-11-12-13-16-14-15-2/h6-7H,3,8-14H2,1-2H3. The van der Waals surface area contributed by atoms with Crippen LogP contribution in [0.25, 0.3) is 0 Å². The zero-order valence-electron chi connectivity index (χ0n) is 10.6. The minimum absolute atomic E-state index is 0.416. The Morgan fingerprint density at radius 1 is 1.12 bits per heavy atom. The molecule has 0 aromatic heterocycles. The van der Waals surface area contributed by atoms with E-state index in [4.69, 9.17) is 9.47 Å². The topological polar surface area (TPSA) is 18.5 Å². The molecule has 0 atom stereocenters. The van der Waals surface area contributed by atoms with Crippen LogP contribution in [0.4, 0.5) is 0 Å². The molecule has 0 aliphatic rings. The lowest BCUT2D eigenvalue weighted by molar-refractivity contribution is -0.0315. The second-order valence-electron chi connectivity index (χ2n) is 3.59. The summed E-state index contributed by atoms with van der Waals surface area (Å²) in [5.41, 5.74) is 0. The van der Waals surface area contributed by atoms with Gasteiger partial charge in [0.25, 0.3) is 0 Å². The SMILES string of the molecule is CCC#CC=CCCCCCCOCOC. The van der Waals surface area contributed by atoms with E-state index >= 15 is 0 Å². The van der Waals surface area contributed by atoms with Gasteiger partial charge in [0.05, 0.1) is 0 Å². The Labute approximate surface area is 100 Å². The predicted octanol–water partition coefficient (Wildman–Crippen LogP) is 3.53. The largest absolute Gasteiger partial charge is 0.359 e. The molecule has 2 nitrogen and oxygen atoms in total. The van der Waals surface area contributed by atoms with Gasteiger partial charge in [0.1, 0.15) is 6.79 Å². The fourth-order valence-electron chi connectivity index (χ4n) is 1.27. The van der Waals surface area contributed by atoms with Gasteiger partial charge in [-0.15, -0.1) is 0 Å². The Bertz CT molecular complexity index is 211. The molecule has 2 heteroatoms. The summed E-state index contributed by atoms with van der Waals surface area (Å²) in [6.45, 7) is 3.29. The van der Waals surface area contributed by atoms with Crippen molar-refractivity contribution in [2.45, 2.75) is 45.4 Å². The Morgan fingerprint density at radius 3 is 2.69 bits per heavy atom. The third-order valence-electron chi connectivity index (χ3n) is 2.09. The van der Waals surface area contributed by atoms with Gasteiger partial charge < -0.3 is 9.47 Å². The zero-order chi connectivity index (χ0) is 11.9. The summed E-state index contributed by atoms with van der Waals surface area (Å²) in [7, 11) is 1.65. The molecule has 16 heavy (non-hydrogen) atoms. The van der Waals surface area contributed by atoms with Gasteiger partial charge in [-0.05, 0) is 25.3 Å². The van der Waals surface area contributed by atoms with Crippen LogP contribution < -0.4 is 0 Å². The monoisotopic (exact) mass is 224 g/mol. The average molecular weight is 224 g/mol. The van der Waals surface area contributed by atoms with Crippen LogP contribution in [0.1, 0.15) is 45.4 Å². The first-order valence-electron chi connectivity index (χ1n) is 6.12. The van der Waals surface area contributed by atoms with E-state index in [1.54, 1.807) is 7.11 Å². The van der Waals surface area contributed by atoms with Crippen LogP contribution in [0.2, 0.25) is 0 Å². The number of hydrogen-bond donors (Lipinski definition) is 0. The van der Waals surface area contributed by atoms with E-state index in [0.717, 1.165) is 25.9 Å². The molecule has 0 N–H and O–H groups in total. The first-order valence-corrected chi connectivity index (χ1v) is 6.12. The van der Waals surface area contributed by atoms with Crippen molar-refractivity contribution in [3.63, 3.8) is 0 Å². The molecule has 0 unspecified atom stereocenters. The maximum absolute atomic E-state index is 5.20. The zero-order valence-corrected chi connectivity index (χ0v) is 10.6. The van der Waals surface area contributed by atoms with Gasteiger partial charge in [-0.1, -0.05) is 37.7 Å². The van der Waals surface area contributed by atoms with Crippen molar-refractivity contribution in [2.24, 2.45) is 0 Å². The molecule has 0 aliphatic heterocycles. The Balaban J connectivity index is 3.06. The highest BCUT2D eigenvalue weighted by molar-refractivity contribution is 5.14. The van der Waals surface area contributed by atoms with Crippen LogP contribution in [-0.4, -0.2) is 20.5 Å². The summed E-state index contributed by atoms with van der Waals surface area (Å²) in [6, 6.07) is 0. The van der Waals surface area contributed by atoms with Crippen molar-refractivity contribution in [3.8, 4) is 11.8 Å².